The van der Waals surface area contributed by atoms with Gasteiger partial charge in [-0.1, -0.05) is 30.3 Å². The van der Waals surface area contributed by atoms with Crippen LogP contribution >= 0.6 is 11.3 Å². The van der Waals surface area contributed by atoms with Gasteiger partial charge in [-0.15, -0.1) is 11.3 Å². The van der Waals surface area contributed by atoms with E-state index in [-0.39, 0.29) is 12.0 Å². The normalized spacial score (nSPS) is 17.9. The van der Waals surface area contributed by atoms with Crippen LogP contribution in [0.2, 0.25) is 0 Å². The average Bonchev–Trinajstić information content (AvgIpc) is 3.17. The van der Waals surface area contributed by atoms with Crippen molar-refractivity contribution in [2.75, 3.05) is 18.1 Å². The van der Waals surface area contributed by atoms with E-state index >= 15 is 0 Å². The monoisotopic (exact) mass is 302 g/mol. The number of nitrogens with zero attached hydrogens (tertiary/aromatic N) is 2. The van der Waals surface area contributed by atoms with Gasteiger partial charge in [-0.2, -0.15) is 0 Å². The van der Waals surface area contributed by atoms with Crippen LogP contribution < -0.4 is 4.90 Å². The first-order chi connectivity index (χ1) is 10.2. The summed E-state index contributed by atoms with van der Waals surface area (Å²) in [6, 6.07) is 10.0. The Bertz CT molecular complexity index is 606. The fourth-order valence-electron chi connectivity index (χ4n) is 2.46. The summed E-state index contributed by atoms with van der Waals surface area (Å²) in [4.78, 5) is 18.3. The Morgan fingerprint density at radius 3 is 2.90 bits per heavy atom. The molecule has 0 N–H and O–H groups in total. The Balaban J connectivity index is 1.80. The van der Waals surface area contributed by atoms with Gasteiger partial charge < -0.3 is 4.74 Å². The summed E-state index contributed by atoms with van der Waals surface area (Å²) >= 11 is 1.50. The minimum Gasteiger partial charge on any atom is -0.376 e. The highest BCUT2D eigenvalue weighted by Gasteiger charge is 2.23. The molecule has 1 atom stereocenters. The lowest BCUT2D eigenvalue weighted by Crippen LogP contribution is -2.35. The van der Waals surface area contributed by atoms with E-state index < -0.39 is 0 Å². The van der Waals surface area contributed by atoms with Gasteiger partial charge in [-0.3, -0.25) is 9.69 Å². The molecule has 0 radical (unpaired) electrons. The molecule has 1 amide bonds. The highest BCUT2D eigenvalue weighted by atomic mass is 32.1. The minimum atomic E-state index is 0.0134. The van der Waals surface area contributed by atoms with Crippen LogP contribution in [-0.4, -0.2) is 30.1 Å². The predicted octanol–water partition coefficient (Wildman–Crippen LogP) is 3.34. The third-order valence-electron chi connectivity index (χ3n) is 3.58. The molecule has 2 heterocycles. The van der Waals surface area contributed by atoms with Crippen LogP contribution in [0.3, 0.4) is 0 Å². The van der Waals surface area contributed by atoms with Crippen molar-refractivity contribution < 1.29 is 9.53 Å². The molecule has 21 heavy (non-hydrogen) atoms. The largest absolute Gasteiger partial charge is 0.376 e. The molecule has 1 fully saturated rings. The number of thiazole rings is 1. The van der Waals surface area contributed by atoms with Gasteiger partial charge in [0.25, 0.3) is 0 Å². The Kier molecular flexibility index (Phi) is 4.31. The van der Waals surface area contributed by atoms with E-state index in [1.807, 2.05) is 35.7 Å². The van der Waals surface area contributed by atoms with Crippen LogP contribution in [0.25, 0.3) is 11.3 Å². The summed E-state index contributed by atoms with van der Waals surface area (Å²) in [5, 5.41) is 2.74. The van der Waals surface area contributed by atoms with Crippen LogP contribution in [0.4, 0.5) is 5.13 Å². The maximum Gasteiger partial charge on any atom is 0.225 e. The van der Waals surface area contributed by atoms with Crippen LogP contribution in [0.15, 0.2) is 35.7 Å². The van der Waals surface area contributed by atoms with E-state index in [1.165, 1.54) is 11.3 Å². The highest BCUT2D eigenvalue weighted by Crippen LogP contribution is 2.28. The van der Waals surface area contributed by atoms with Crippen molar-refractivity contribution in [3.8, 4) is 11.3 Å². The lowest BCUT2D eigenvalue weighted by atomic mass is 10.2. The van der Waals surface area contributed by atoms with Crippen LogP contribution in [0, 0.1) is 0 Å². The first-order valence-corrected chi connectivity index (χ1v) is 8.02. The second kappa shape index (κ2) is 6.37. The van der Waals surface area contributed by atoms with Crippen LogP contribution in [-0.2, 0) is 9.53 Å². The van der Waals surface area contributed by atoms with Crippen molar-refractivity contribution in [3.05, 3.63) is 35.7 Å². The summed E-state index contributed by atoms with van der Waals surface area (Å²) in [6.45, 7) is 2.97. The summed E-state index contributed by atoms with van der Waals surface area (Å²) in [6.07, 6.45) is 2.22. The standard InChI is InChI=1S/C16H18N2O2S/c1-12(19)18(10-14-8-5-9-20-14)16-17-15(11-21-16)13-6-3-2-4-7-13/h2-4,6-7,11,14H,5,8-10H2,1H3. The number of anilines is 1. The predicted molar refractivity (Wildman–Crippen MR) is 84.6 cm³/mol. The summed E-state index contributed by atoms with van der Waals surface area (Å²) in [7, 11) is 0. The lowest BCUT2D eigenvalue weighted by molar-refractivity contribution is -0.116. The summed E-state index contributed by atoms with van der Waals surface area (Å²) < 4.78 is 5.63. The molecule has 1 aliphatic rings. The van der Waals surface area contributed by atoms with Gasteiger partial charge in [0, 0.05) is 24.5 Å². The number of carbonyl (C=O) groups is 1. The maximum atomic E-state index is 11.9. The third-order valence-corrected chi connectivity index (χ3v) is 4.45. The molecule has 1 saturated heterocycles. The molecule has 1 aromatic carbocycles. The van der Waals surface area contributed by atoms with E-state index in [4.69, 9.17) is 4.74 Å². The molecule has 4 nitrogen and oxygen atoms in total. The Morgan fingerprint density at radius 2 is 2.24 bits per heavy atom. The van der Waals surface area contributed by atoms with Gasteiger partial charge in [-0.25, -0.2) is 4.98 Å². The highest BCUT2D eigenvalue weighted by molar-refractivity contribution is 7.14. The number of benzene rings is 1. The molecule has 2 aromatic rings. The first kappa shape index (κ1) is 14.2. The zero-order valence-electron chi connectivity index (χ0n) is 12.0. The lowest BCUT2D eigenvalue weighted by Gasteiger charge is -2.21. The van der Waals surface area contributed by atoms with Crippen molar-refractivity contribution in [2.45, 2.75) is 25.9 Å². The van der Waals surface area contributed by atoms with Crippen LogP contribution in [0.1, 0.15) is 19.8 Å². The van der Waals surface area contributed by atoms with Gasteiger partial charge in [0.15, 0.2) is 5.13 Å². The van der Waals surface area contributed by atoms with Gasteiger partial charge >= 0.3 is 0 Å². The third kappa shape index (κ3) is 3.31. The second-order valence-corrected chi connectivity index (χ2v) is 5.98. The molecule has 0 bridgehead atoms. The molecule has 0 spiro atoms. The summed E-state index contributed by atoms with van der Waals surface area (Å²) in [5.74, 6) is 0.0134. The molecule has 1 aliphatic heterocycles. The fraction of sp³-hybridized carbons (Fsp3) is 0.375. The van der Waals surface area contributed by atoms with Gasteiger partial charge in [-0.05, 0) is 12.8 Å². The van der Waals surface area contributed by atoms with Crippen molar-refractivity contribution in [2.24, 2.45) is 0 Å². The molecule has 3 rings (SSSR count). The summed E-state index contributed by atoms with van der Waals surface area (Å²) in [5.41, 5.74) is 1.98. The maximum absolute atomic E-state index is 11.9. The number of carbonyl (C=O) groups excluding carboxylic acids is 1. The SMILES string of the molecule is CC(=O)N(CC1CCCO1)c1nc(-c2ccccc2)cs1. The Labute approximate surface area is 128 Å². The van der Waals surface area contributed by atoms with E-state index in [9.17, 15) is 4.79 Å². The molecular weight excluding hydrogens is 284 g/mol. The Morgan fingerprint density at radius 1 is 1.43 bits per heavy atom. The number of rotatable bonds is 4. The minimum absolute atomic E-state index is 0.0134. The van der Waals surface area contributed by atoms with Crippen molar-refractivity contribution in [1.82, 2.24) is 4.98 Å². The Hall–Kier alpha value is -1.72. The quantitative estimate of drug-likeness (QED) is 0.870. The van der Waals surface area contributed by atoms with Crippen molar-refractivity contribution >= 4 is 22.4 Å². The molecule has 5 heteroatoms. The van der Waals surface area contributed by atoms with Gasteiger partial charge in [0.1, 0.15) is 0 Å². The molecule has 1 aromatic heterocycles. The molecule has 110 valence electrons. The number of ether oxygens (including phenoxy) is 1. The molecular formula is C16H18N2O2S. The topological polar surface area (TPSA) is 42.4 Å². The van der Waals surface area contributed by atoms with Crippen molar-refractivity contribution in [3.63, 3.8) is 0 Å². The molecule has 0 aliphatic carbocycles. The zero-order valence-corrected chi connectivity index (χ0v) is 12.8. The van der Waals surface area contributed by atoms with Gasteiger partial charge in [0.2, 0.25) is 5.91 Å². The number of hydrogen-bond donors (Lipinski definition) is 0. The second-order valence-electron chi connectivity index (χ2n) is 5.15. The molecule has 0 saturated carbocycles. The van der Waals surface area contributed by atoms with Crippen molar-refractivity contribution in [1.29, 1.82) is 0 Å². The van der Waals surface area contributed by atoms with Gasteiger partial charge in [0.05, 0.1) is 18.3 Å². The average molecular weight is 302 g/mol. The fourth-order valence-corrected chi connectivity index (χ4v) is 3.35. The smallest absolute Gasteiger partial charge is 0.225 e. The van der Waals surface area contributed by atoms with Crippen LogP contribution in [0.5, 0.6) is 0 Å². The van der Waals surface area contributed by atoms with E-state index in [2.05, 4.69) is 4.98 Å². The number of amides is 1. The van der Waals surface area contributed by atoms with E-state index in [0.717, 1.165) is 35.8 Å². The van der Waals surface area contributed by atoms with E-state index in [0.29, 0.717) is 6.54 Å². The number of hydrogen-bond acceptors (Lipinski definition) is 4. The zero-order chi connectivity index (χ0) is 14.7. The first-order valence-electron chi connectivity index (χ1n) is 7.14. The number of aromatic nitrogens is 1. The molecule has 1 unspecified atom stereocenters. The van der Waals surface area contributed by atoms with E-state index in [1.54, 1.807) is 11.8 Å².